The van der Waals surface area contributed by atoms with Crippen LogP contribution in [-0.2, 0) is 4.79 Å². The lowest BCUT2D eigenvalue weighted by Crippen LogP contribution is -2.47. The van der Waals surface area contributed by atoms with Crippen molar-refractivity contribution < 1.29 is 9.90 Å². The number of aliphatic hydroxyl groups is 1. The number of hydrogen-bond acceptors (Lipinski definition) is 3. The number of aliphatic hydroxyl groups excluding tert-OH is 1. The number of carbonyl (C=O) groups is 1. The zero-order valence-electron chi connectivity index (χ0n) is 9.85. The predicted octanol–water partition coefficient (Wildman–Crippen LogP) is 0.311. The van der Waals surface area contributed by atoms with E-state index in [0.29, 0.717) is 0 Å². The molecule has 0 bridgehead atoms. The molecule has 1 saturated heterocycles. The quantitative estimate of drug-likeness (QED) is 0.704. The second kappa shape index (κ2) is 5.64. The van der Waals surface area contributed by atoms with Crippen LogP contribution < -0.4 is 0 Å². The van der Waals surface area contributed by atoms with Crippen LogP contribution in [0.2, 0.25) is 0 Å². The Morgan fingerprint density at radius 3 is 2.25 bits per heavy atom. The molecule has 16 heavy (non-hydrogen) atoms. The minimum Gasteiger partial charge on any atom is -0.393 e. The van der Waals surface area contributed by atoms with Crippen molar-refractivity contribution in [3.8, 4) is 0 Å². The van der Waals surface area contributed by atoms with Crippen LogP contribution in [0, 0.1) is 5.92 Å². The smallest absolute Gasteiger partial charge is 0.209 e. The van der Waals surface area contributed by atoms with Gasteiger partial charge in [0.15, 0.2) is 0 Å². The molecule has 1 amide bonds. The van der Waals surface area contributed by atoms with E-state index in [0.717, 1.165) is 70.7 Å². The first-order valence-corrected chi connectivity index (χ1v) is 6.37. The summed E-state index contributed by atoms with van der Waals surface area (Å²) in [6.07, 6.45) is 5.17. The maximum Gasteiger partial charge on any atom is 0.209 e. The van der Waals surface area contributed by atoms with Crippen molar-refractivity contribution in [2.75, 3.05) is 32.7 Å². The molecule has 1 heterocycles. The summed E-state index contributed by atoms with van der Waals surface area (Å²) in [7, 11) is 0. The number of rotatable bonds is 3. The molecule has 1 aliphatic carbocycles. The van der Waals surface area contributed by atoms with Gasteiger partial charge in [0.05, 0.1) is 6.10 Å². The minimum atomic E-state index is -0.0526. The average molecular weight is 226 g/mol. The fourth-order valence-electron chi connectivity index (χ4n) is 2.74. The van der Waals surface area contributed by atoms with E-state index in [4.69, 9.17) is 0 Å². The molecule has 0 unspecified atom stereocenters. The van der Waals surface area contributed by atoms with Crippen LogP contribution in [0.15, 0.2) is 0 Å². The third kappa shape index (κ3) is 3.19. The number of nitrogens with zero attached hydrogens (tertiary/aromatic N) is 2. The Morgan fingerprint density at radius 1 is 1.06 bits per heavy atom. The van der Waals surface area contributed by atoms with E-state index in [1.165, 1.54) is 0 Å². The highest BCUT2D eigenvalue weighted by molar-refractivity contribution is 5.47. The number of amides is 1. The maximum atomic E-state index is 10.6. The molecule has 4 heteroatoms. The average Bonchev–Trinajstić information content (AvgIpc) is 2.33. The normalized spacial score (nSPS) is 32.7. The fourth-order valence-corrected chi connectivity index (χ4v) is 2.74. The van der Waals surface area contributed by atoms with Crippen molar-refractivity contribution in [3.63, 3.8) is 0 Å². The van der Waals surface area contributed by atoms with Gasteiger partial charge in [-0.15, -0.1) is 0 Å². The Labute approximate surface area is 97.2 Å². The van der Waals surface area contributed by atoms with Gasteiger partial charge in [0, 0.05) is 32.7 Å². The van der Waals surface area contributed by atoms with E-state index in [2.05, 4.69) is 4.90 Å². The largest absolute Gasteiger partial charge is 0.393 e. The summed E-state index contributed by atoms with van der Waals surface area (Å²) in [5.74, 6) is 0.756. The lowest BCUT2D eigenvalue weighted by atomic mass is 9.87. The Balaban J connectivity index is 1.68. The Hall–Kier alpha value is -0.610. The highest BCUT2D eigenvalue weighted by Crippen LogP contribution is 2.25. The van der Waals surface area contributed by atoms with E-state index < -0.39 is 0 Å². The van der Waals surface area contributed by atoms with Gasteiger partial charge in [0.2, 0.25) is 6.41 Å². The first-order valence-electron chi connectivity index (χ1n) is 6.37. The lowest BCUT2D eigenvalue weighted by Gasteiger charge is -2.36. The second-order valence-electron chi connectivity index (χ2n) is 5.12. The van der Waals surface area contributed by atoms with Crippen molar-refractivity contribution >= 4 is 6.41 Å². The summed E-state index contributed by atoms with van der Waals surface area (Å²) in [5.41, 5.74) is 0. The van der Waals surface area contributed by atoms with E-state index >= 15 is 0 Å². The molecule has 1 N–H and O–H groups in total. The SMILES string of the molecule is O=CN1CCN(CC2CCC(O)CC2)CC1. The molecule has 92 valence electrons. The van der Waals surface area contributed by atoms with E-state index in [9.17, 15) is 9.90 Å². The monoisotopic (exact) mass is 226 g/mol. The molecule has 0 aromatic heterocycles. The second-order valence-corrected chi connectivity index (χ2v) is 5.12. The van der Waals surface area contributed by atoms with Gasteiger partial charge in [0.1, 0.15) is 0 Å². The summed E-state index contributed by atoms with van der Waals surface area (Å²) >= 11 is 0. The molecular formula is C12H22N2O2. The van der Waals surface area contributed by atoms with Gasteiger partial charge in [-0.2, -0.15) is 0 Å². The third-order valence-electron chi connectivity index (χ3n) is 3.89. The molecule has 0 aromatic carbocycles. The minimum absolute atomic E-state index is 0.0526. The van der Waals surface area contributed by atoms with Crippen molar-refractivity contribution in [2.24, 2.45) is 5.92 Å². The van der Waals surface area contributed by atoms with Gasteiger partial charge < -0.3 is 10.0 Å². The number of piperazine rings is 1. The molecule has 0 aromatic rings. The maximum absolute atomic E-state index is 10.6. The Kier molecular flexibility index (Phi) is 4.18. The van der Waals surface area contributed by atoms with Crippen molar-refractivity contribution in [1.82, 2.24) is 9.80 Å². The molecule has 0 atom stereocenters. The molecule has 2 fully saturated rings. The van der Waals surface area contributed by atoms with Gasteiger partial charge in [-0.1, -0.05) is 0 Å². The third-order valence-corrected chi connectivity index (χ3v) is 3.89. The molecule has 0 radical (unpaired) electrons. The van der Waals surface area contributed by atoms with Gasteiger partial charge in [-0.25, -0.2) is 0 Å². The Morgan fingerprint density at radius 2 is 1.69 bits per heavy atom. The van der Waals surface area contributed by atoms with Gasteiger partial charge >= 0.3 is 0 Å². The molecule has 1 saturated carbocycles. The van der Waals surface area contributed by atoms with Gasteiger partial charge in [-0.05, 0) is 31.6 Å². The van der Waals surface area contributed by atoms with Crippen LogP contribution in [0.4, 0.5) is 0 Å². The first-order chi connectivity index (χ1) is 7.78. The van der Waals surface area contributed by atoms with E-state index in [-0.39, 0.29) is 6.10 Å². The van der Waals surface area contributed by atoms with Crippen LogP contribution in [0.25, 0.3) is 0 Å². The topological polar surface area (TPSA) is 43.8 Å². The van der Waals surface area contributed by atoms with Crippen LogP contribution in [0.5, 0.6) is 0 Å². The predicted molar refractivity (Wildman–Crippen MR) is 62.0 cm³/mol. The fraction of sp³-hybridized carbons (Fsp3) is 0.917. The van der Waals surface area contributed by atoms with Crippen LogP contribution >= 0.6 is 0 Å². The van der Waals surface area contributed by atoms with Gasteiger partial charge in [-0.3, -0.25) is 9.69 Å². The summed E-state index contributed by atoms with van der Waals surface area (Å²) in [4.78, 5) is 14.9. The highest BCUT2D eigenvalue weighted by Gasteiger charge is 2.23. The van der Waals surface area contributed by atoms with Crippen LogP contribution in [0.3, 0.4) is 0 Å². The van der Waals surface area contributed by atoms with Crippen molar-refractivity contribution in [1.29, 1.82) is 0 Å². The standard InChI is InChI=1S/C12H22N2O2/c15-10-14-7-5-13(6-8-14)9-11-1-3-12(16)4-2-11/h10-12,16H,1-9H2. The zero-order chi connectivity index (χ0) is 11.4. The zero-order valence-corrected chi connectivity index (χ0v) is 9.85. The van der Waals surface area contributed by atoms with Gasteiger partial charge in [0.25, 0.3) is 0 Å². The lowest BCUT2D eigenvalue weighted by molar-refractivity contribution is -0.119. The number of hydrogen-bond donors (Lipinski definition) is 1. The summed E-state index contributed by atoms with van der Waals surface area (Å²) in [5, 5.41) is 9.44. The molecule has 2 rings (SSSR count). The molecule has 1 aliphatic heterocycles. The van der Waals surface area contributed by atoms with E-state index in [1.807, 2.05) is 4.90 Å². The van der Waals surface area contributed by atoms with Crippen LogP contribution in [0.1, 0.15) is 25.7 Å². The summed E-state index contributed by atoms with van der Waals surface area (Å²) in [6, 6.07) is 0. The molecular weight excluding hydrogens is 204 g/mol. The Bertz CT molecular complexity index is 219. The van der Waals surface area contributed by atoms with Crippen molar-refractivity contribution in [2.45, 2.75) is 31.8 Å². The summed E-state index contributed by atoms with van der Waals surface area (Å²) < 4.78 is 0. The van der Waals surface area contributed by atoms with Crippen LogP contribution in [-0.4, -0.2) is 60.1 Å². The molecule has 0 spiro atoms. The van der Waals surface area contributed by atoms with E-state index in [1.54, 1.807) is 0 Å². The number of carbonyl (C=O) groups excluding carboxylic acids is 1. The first kappa shape index (κ1) is 11.9. The summed E-state index contributed by atoms with van der Waals surface area (Å²) in [6.45, 7) is 4.92. The molecule has 4 nitrogen and oxygen atoms in total. The van der Waals surface area contributed by atoms with Crippen molar-refractivity contribution in [3.05, 3.63) is 0 Å². The molecule has 2 aliphatic rings. The highest BCUT2D eigenvalue weighted by atomic mass is 16.3.